The van der Waals surface area contributed by atoms with Crippen molar-refractivity contribution in [3.63, 3.8) is 0 Å². The lowest BCUT2D eigenvalue weighted by molar-refractivity contribution is 0.401. The number of anilines is 1. The molecule has 3 rings (SSSR count). The SMILES string of the molecule is COc1ncnc2c1nc(N)n2-c1c(F)cc(Br)cc1F. The monoisotopic (exact) mass is 355 g/mol. The summed E-state index contributed by atoms with van der Waals surface area (Å²) < 4.78 is 34.6. The molecular weight excluding hydrogens is 348 g/mol. The third-order valence-electron chi connectivity index (χ3n) is 2.84. The Balaban J connectivity index is 2.39. The zero-order valence-electron chi connectivity index (χ0n) is 10.6. The van der Waals surface area contributed by atoms with Crippen LogP contribution >= 0.6 is 15.9 Å². The minimum absolute atomic E-state index is 0.121. The molecule has 0 unspecified atom stereocenters. The van der Waals surface area contributed by atoms with Crippen molar-refractivity contribution < 1.29 is 13.5 Å². The predicted molar refractivity (Wildman–Crippen MR) is 75.2 cm³/mol. The molecule has 0 fully saturated rings. The number of nitrogen functional groups attached to an aromatic ring is 1. The number of hydrogen-bond acceptors (Lipinski definition) is 5. The molecule has 0 spiro atoms. The Hall–Kier alpha value is -2.29. The Morgan fingerprint density at radius 1 is 1.24 bits per heavy atom. The molecule has 0 aliphatic heterocycles. The average molecular weight is 356 g/mol. The van der Waals surface area contributed by atoms with Gasteiger partial charge in [0.1, 0.15) is 12.0 Å². The number of fused-ring (bicyclic) bond motifs is 1. The zero-order valence-corrected chi connectivity index (χ0v) is 12.2. The molecule has 2 aromatic heterocycles. The van der Waals surface area contributed by atoms with Crippen molar-refractivity contribution in [3.05, 3.63) is 34.6 Å². The Kier molecular flexibility index (Phi) is 3.20. The van der Waals surface area contributed by atoms with Crippen molar-refractivity contribution in [1.29, 1.82) is 0 Å². The van der Waals surface area contributed by atoms with Gasteiger partial charge >= 0.3 is 0 Å². The first-order chi connectivity index (χ1) is 10.0. The van der Waals surface area contributed by atoms with E-state index in [0.717, 1.165) is 16.7 Å². The van der Waals surface area contributed by atoms with Gasteiger partial charge in [-0.2, -0.15) is 4.98 Å². The zero-order chi connectivity index (χ0) is 15.1. The van der Waals surface area contributed by atoms with Gasteiger partial charge in [0.05, 0.1) is 7.11 Å². The molecule has 1 aromatic carbocycles. The smallest absolute Gasteiger partial charge is 0.245 e. The number of imidazole rings is 1. The number of aromatic nitrogens is 4. The van der Waals surface area contributed by atoms with Gasteiger partial charge in [-0.3, -0.25) is 4.57 Å². The van der Waals surface area contributed by atoms with Gasteiger partial charge in [-0.15, -0.1) is 0 Å². The standard InChI is InChI=1S/C12H8BrF2N5O/c1-21-11-8-10(17-4-18-11)20(12(16)19-8)9-6(14)2-5(13)3-7(9)15/h2-4H,1H3,(H2,16,19). The van der Waals surface area contributed by atoms with E-state index >= 15 is 0 Å². The van der Waals surface area contributed by atoms with Gasteiger partial charge in [0.15, 0.2) is 22.8 Å². The molecule has 108 valence electrons. The highest BCUT2D eigenvalue weighted by atomic mass is 79.9. The average Bonchev–Trinajstić information content (AvgIpc) is 2.74. The molecule has 2 heterocycles. The van der Waals surface area contributed by atoms with Gasteiger partial charge in [-0.05, 0) is 12.1 Å². The molecule has 0 bridgehead atoms. The summed E-state index contributed by atoms with van der Waals surface area (Å²) in [6.07, 6.45) is 1.20. The number of ether oxygens (including phenoxy) is 1. The lowest BCUT2D eigenvalue weighted by atomic mass is 10.3. The number of hydrogen-bond donors (Lipinski definition) is 1. The molecule has 21 heavy (non-hydrogen) atoms. The summed E-state index contributed by atoms with van der Waals surface area (Å²) in [6.45, 7) is 0. The van der Waals surface area contributed by atoms with E-state index in [9.17, 15) is 8.78 Å². The maximum absolute atomic E-state index is 14.1. The van der Waals surface area contributed by atoms with Gasteiger partial charge in [0.2, 0.25) is 11.8 Å². The fourth-order valence-corrected chi connectivity index (χ4v) is 2.41. The fourth-order valence-electron chi connectivity index (χ4n) is 2.01. The van der Waals surface area contributed by atoms with Gasteiger partial charge in [-0.25, -0.2) is 18.7 Å². The molecule has 0 atom stereocenters. The van der Waals surface area contributed by atoms with Gasteiger partial charge < -0.3 is 10.5 Å². The number of nitrogens with zero attached hydrogens (tertiary/aromatic N) is 4. The van der Waals surface area contributed by atoms with Crippen LogP contribution in [0.2, 0.25) is 0 Å². The lowest BCUT2D eigenvalue weighted by Gasteiger charge is -2.09. The second-order valence-electron chi connectivity index (χ2n) is 4.08. The van der Waals surface area contributed by atoms with Crippen LogP contribution in [0.25, 0.3) is 16.9 Å². The summed E-state index contributed by atoms with van der Waals surface area (Å²) in [5, 5.41) is 0. The molecule has 2 N–H and O–H groups in total. The number of benzene rings is 1. The van der Waals surface area contributed by atoms with Crippen LogP contribution in [-0.4, -0.2) is 26.6 Å². The second kappa shape index (κ2) is 4.92. The van der Waals surface area contributed by atoms with Crippen LogP contribution in [-0.2, 0) is 0 Å². The van der Waals surface area contributed by atoms with Crippen LogP contribution in [0.4, 0.5) is 14.7 Å². The quantitative estimate of drug-likeness (QED) is 0.763. The number of rotatable bonds is 2. The fraction of sp³-hybridized carbons (Fsp3) is 0.0833. The van der Waals surface area contributed by atoms with Crippen molar-refractivity contribution in [2.75, 3.05) is 12.8 Å². The largest absolute Gasteiger partial charge is 0.479 e. The Labute approximate surface area is 125 Å². The van der Waals surface area contributed by atoms with Gasteiger partial charge in [0, 0.05) is 4.47 Å². The van der Waals surface area contributed by atoms with Crippen LogP contribution < -0.4 is 10.5 Å². The van der Waals surface area contributed by atoms with Crippen molar-refractivity contribution in [2.24, 2.45) is 0 Å². The highest BCUT2D eigenvalue weighted by Gasteiger charge is 2.21. The summed E-state index contributed by atoms with van der Waals surface area (Å²) in [5.41, 5.74) is 5.78. The molecule has 0 aliphatic carbocycles. The number of nitrogens with two attached hydrogens (primary N) is 1. The van der Waals surface area contributed by atoms with E-state index in [1.807, 2.05) is 0 Å². The summed E-state index contributed by atoms with van der Waals surface area (Å²) in [6, 6.07) is 2.25. The Bertz CT molecular complexity index is 828. The maximum atomic E-state index is 14.1. The normalized spacial score (nSPS) is 11.0. The molecule has 0 saturated carbocycles. The predicted octanol–water partition coefficient (Wildman–Crippen LogP) is 2.45. The third-order valence-corrected chi connectivity index (χ3v) is 3.29. The molecule has 0 aliphatic rings. The molecule has 3 aromatic rings. The summed E-state index contributed by atoms with van der Waals surface area (Å²) in [4.78, 5) is 11.9. The van der Waals surface area contributed by atoms with E-state index in [-0.39, 0.29) is 33.2 Å². The Morgan fingerprint density at radius 3 is 2.52 bits per heavy atom. The molecule has 0 radical (unpaired) electrons. The van der Waals surface area contributed by atoms with E-state index in [4.69, 9.17) is 10.5 Å². The van der Waals surface area contributed by atoms with Crippen LogP contribution in [0.5, 0.6) is 5.88 Å². The first kappa shape index (κ1) is 13.7. The van der Waals surface area contributed by atoms with E-state index in [1.54, 1.807) is 0 Å². The van der Waals surface area contributed by atoms with Crippen LogP contribution in [0.1, 0.15) is 0 Å². The third kappa shape index (κ3) is 2.09. The van der Waals surface area contributed by atoms with Crippen LogP contribution in [0, 0.1) is 11.6 Å². The van der Waals surface area contributed by atoms with Crippen LogP contribution in [0.15, 0.2) is 22.9 Å². The second-order valence-corrected chi connectivity index (χ2v) is 4.99. The molecule has 0 amide bonds. The minimum atomic E-state index is -0.801. The first-order valence-corrected chi connectivity index (χ1v) is 6.50. The van der Waals surface area contributed by atoms with Gasteiger partial charge in [-0.1, -0.05) is 15.9 Å². The first-order valence-electron chi connectivity index (χ1n) is 5.70. The number of methoxy groups -OCH3 is 1. The van der Waals surface area contributed by atoms with Gasteiger partial charge in [0.25, 0.3) is 0 Å². The highest BCUT2D eigenvalue weighted by molar-refractivity contribution is 9.10. The molecule has 0 saturated heterocycles. The highest BCUT2D eigenvalue weighted by Crippen LogP contribution is 2.30. The van der Waals surface area contributed by atoms with Crippen LogP contribution in [0.3, 0.4) is 0 Å². The van der Waals surface area contributed by atoms with Crippen molar-refractivity contribution in [2.45, 2.75) is 0 Å². The summed E-state index contributed by atoms with van der Waals surface area (Å²) in [7, 11) is 1.40. The molecule has 6 nitrogen and oxygen atoms in total. The molecule has 9 heteroatoms. The van der Waals surface area contributed by atoms with Crippen molar-refractivity contribution >= 4 is 33.0 Å². The minimum Gasteiger partial charge on any atom is -0.479 e. The summed E-state index contributed by atoms with van der Waals surface area (Å²) >= 11 is 3.02. The van der Waals surface area contributed by atoms with E-state index in [1.165, 1.54) is 13.4 Å². The van der Waals surface area contributed by atoms with E-state index < -0.39 is 11.6 Å². The lowest BCUT2D eigenvalue weighted by Crippen LogP contribution is -2.06. The van der Waals surface area contributed by atoms with E-state index in [2.05, 4.69) is 30.9 Å². The van der Waals surface area contributed by atoms with Crippen molar-refractivity contribution in [1.82, 2.24) is 19.5 Å². The number of halogens is 3. The van der Waals surface area contributed by atoms with E-state index in [0.29, 0.717) is 0 Å². The maximum Gasteiger partial charge on any atom is 0.245 e. The van der Waals surface area contributed by atoms with Crippen molar-refractivity contribution in [3.8, 4) is 11.6 Å². The topological polar surface area (TPSA) is 78.8 Å². The Morgan fingerprint density at radius 2 is 1.90 bits per heavy atom. The summed E-state index contributed by atoms with van der Waals surface area (Å²) in [5.74, 6) is -1.55. The molecular formula is C12H8BrF2N5O.